The Morgan fingerprint density at radius 3 is 2.92 bits per heavy atom. The number of carbonyl (C=O) groups excluding carboxylic acids is 1. The van der Waals surface area contributed by atoms with Crippen LogP contribution in [0.4, 0.5) is 11.4 Å². The van der Waals surface area contributed by atoms with E-state index in [-0.39, 0.29) is 23.5 Å². The van der Waals surface area contributed by atoms with Crippen LogP contribution in [0, 0.1) is 17.0 Å². The Kier molecular flexibility index (Phi) is 3.87. The highest BCUT2D eigenvalue weighted by Gasteiger charge is 2.14. The molecule has 1 aromatic carbocycles. The zero-order valence-electron chi connectivity index (χ0n) is 12.8. The number of aromatic nitrogens is 2. The maximum atomic E-state index is 12.1. The Morgan fingerprint density at radius 1 is 1.42 bits per heavy atom. The van der Waals surface area contributed by atoms with Crippen molar-refractivity contribution in [2.45, 2.75) is 13.3 Å². The van der Waals surface area contributed by atoms with Gasteiger partial charge in [-0.05, 0) is 24.6 Å². The molecule has 8 nitrogen and oxygen atoms in total. The summed E-state index contributed by atoms with van der Waals surface area (Å²) in [5.74, 6) is -0.661. The van der Waals surface area contributed by atoms with Gasteiger partial charge < -0.3 is 14.8 Å². The quantitative estimate of drug-likeness (QED) is 0.435. The van der Waals surface area contributed by atoms with Crippen LogP contribution in [0.2, 0.25) is 0 Å². The number of benzene rings is 1. The summed E-state index contributed by atoms with van der Waals surface area (Å²) >= 11 is 0. The Hall–Kier alpha value is -3.42. The molecule has 24 heavy (non-hydrogen) atoms. The molecule has 0 bridgehead atoms. The number of rotatable bonds is 4. The molecule has 8 heteroatoms. The molecule has 0 aliphatic rings. The number of carbonyl (C=O) groups is 1. The van der Waals surface area contributed by atoms with Gasteiger partial charge in [0.05, 0.1) is 22.7 Å². The van der Waals surface area contributed by atoms with Gasteiger partial charge in [0.25, 0.3) is 5.69 Å². The van der Waals surface area contributed by atoms with E-state index in [2.05, 4.69) is 10.3 Å². The van der Waals surface area contributed by atoms with E-state index in [9.17, 15) is 20.0 Å². The largest absolute Gasteiger partial charge is 0.506 e. The third-order valence-electron chi connectivity index (χ3n) is 3.53. The van der Waals surface area contributed by atoms with E-state index in [0.717, 1.165) is 23.3 Å². The van der Waals surface area contributed by atoms with E-state index in [1.54, 1.807) is 6.20 Å². The van der Waals surface area contributed by atoms with Crippen molar-refractivity contribution < 1.29 is 14.8 Å². The van der Waals surface area contributed by atoms with E-state index < -0.39 is 10.8 Å². The molecule has 0 saturated carbocycles. The van der Waals surface area contributed by atoms with Crippen molar-refractivity contribution >= 4 is 22.9 Å². The summed E-state index contributed by atoms with van der Waals surface area (Å²) in [6.45, 7) is 1.92. The first-order chi connectivity index (χ1) is 11.4. The first-order valence-electron chi connectivity index (χ1n) is 7.14. The molecule has 0 radical (unpaired) electrons. The van der Waals surface area contributed by atoms with Crippen LogP contribution >= 0.6 is 0 Å². The highest BCUT2D eigenvalue weighted by atomic mass is 16.6. The summed E-state index contributed by atoms with van der Waals surface area (Å²) in [6, 6.07) is 7.25. The summed E-state index contributed by atoms with van der Waals surface area (Å²) in [4.78, 5) is 26.7. The number of phenols is 1. The second-order valence-electron chi connectivity index (χ2n) is 5.34. The molecule has 3 aromatic rings. The number of nitrogens with one attached hydrogen (secondary N) is 1. The molecule has 0 unspecified atom stereocenters. The van der Waals surface area contributed by atoms with Gasteiger partial charge in [-0.3, -0.25) is 14.9 Å². The number of amides is 1. The third kappa shape index (κ3) is 3.02. The maximum absolute atomic E-state index is 12.1. The zero-order valence-corrected chi connectivity index (χ0v) is 12.8. The van der Waals surface area contributed by atoms with Crippen molar-refractivity contribution in [3.8, 4) is 5.75 Å². The Morgan fingerprint density at radius 2 is 2.21 bits per heavy atom. The molecule has 0 aliphatic heterocycles. The predicted molar refractivity (Wildman–Crippen MR) is 87.0 cm³/mol. The molecular weight excluding hydrogens is 312 g/mol. The number of nitro groups is 1. The number of non-ortho nitro benzene ring substituents is 1. The van der Waals surface area contributed by atoms with Gasteiger partial charge in [-0.1, -0.05) is 6.07 Å². The number of imidazole rings is 1. The Bertz CT molecular complexity index is 948. The van der Waals surface area contributed by atoms with Gasteiger partial charge >= 0.3 is 0 Å². The predicted octanol–water partition coefficient (Wildman–Crippen LogP) is 2.44. The molecule has 2 aromatic heterocycles. The number of phenolic OH excluding ortho intramolecular Hbond substituents is 1. The number of fused-ring (bicyclic) bond motifs is 1. The van der Waals surface area contributed by atoms with E-state index >= 15 is 0 Å². The summed E-state index contributed by atoms with van der Waals surface area (Å²) in [5.41, 5.74) is 2.09. The Balaban J connectivity index is 1.79. The minimum absolute atomic E-state index is 0.00542. The van der Waals surface area contributed by atoms with Gasteiger partial charge in [-0.25, -0.2) is 4.98 Å². The van der Waals surface area contributed by atoms with Crippen molar-refractivity contribution in [3.05, 3.63) is 64.1 Å². The number of nitrogens with zero attached hydrogens (tertiary/aromatic N) is 3. The molecule has 122 valence electrons. The first-order valence-corrected chi connectivity index (χ1v) is 7.14. The van der Waals surface area contributed by atoms with Crippen molar-refractivity contribution in [1.82, 2.24) is 9.38 Å². The van der Waals surface area contributed by atoms with Crippen LogP contribution in [-0.4, -0.2) is 25.3 Å². The molecule has 2 heterocycles. The average molecular weight is 326 g/mol. The zero-order chi connectivity index (χ0) is 17.3. The molecule has 1 amide bonds. The lowest BCUT2D eigenvalue weighted by atomic mass is 10.2. The van der Waals surface area contributed by atoms with Gasteiger partial charge in [-0.15, -0.1) is 0 Å². The summed E-state index contributed by atoms with van der Waals surface area (Å²) in [6.07, 6.45) is 3.57. The van der Waals surface area contributed by atoms with Crippen molar-refractivity contribution in [2.24, 2.45) is 0 Å². The van der Waals surface area contributed by atoms with Crippen LogP contribution in [0.15, 0.2) is 42.7 Å². The van der Waals surface area contributed by atoms with E-state index in [4.69, 9.17) is 0 Å². The molecule has 0 saturated heterocycles. The fraction of sp³-hybridized carbons (Fsp3) is 0.125. The summed E-state index contributed by atoms with van der Waals surface area (Å²) in [7, 11) is 0. The average Bonchev–Trinajstić information content (AvgIpc) is 2.93. The number of nitro benzene ring substituents is 1. The minimum atomic E-state index is -0.597. The standard InChI is InChI=1S/C16H14N4O4/c1-10-3-2-6-19-9-11(17-16(10)19)7-15(22)18-13-8-12(20(23)24)4-5-14(13)21/h2-6,8-9,21H,7H2,1H3,(H,18,22). The van der Waals surface area contributed by atoms with Crippen molar-refractivity contribution in [1.29, 1.82) is 0 Å². The van der Waals surface area contributed by atoms with Crippen LogP contribution in [-0.2, 0) is 11.2 Å². The molecule has 0 fully saturated rings. The smallest absolute Gasteiger partial charge is 0.271 e. The molecular formula is C16H14N4O4. The number of anilines is 1. The number of pyridine rings is 1. The fourth-order valence-electron chi connectivity index (χ4n) is 2.39. The van der Waals surface area contributed by atoms with Crippen LogP contribution in [0.25, 0.3) is 5.65 Å². The molecule has 0 atom stereocenters. The highest BCUT2D eigenvalue weighted by Crippen LogP contribution is 2.27. The minimum Gasteiger partial charge on any atom is -0.506 e. The van der Waals surface area contributed by atoms with E-state index in [1.165, 1.54) is 6.07 Å². The third-order valence-corrected chi connectivity index (χ3v) is 3.53. The number of aromatic hydroxyl groups is 1. The topological polar surface area (TPSA) is 110 Å². The highest BCUT2D eigenvalue weighted by molar-refractivity contribution is 5.93. The first kappa shape index (κ1) is 15.5. The van der Waals surface area contributed by atoms with Gasteiger partial charge in [0.1, 0.15) is 11.4 Å². The second kappa shape index (κ2) is 5.99. The number of aryl methyl sites for hydroxylation is 1. The van der Waals surface area contributed by atoms with Crippen LogP contribution < -0.4 is 5.32 Å². The van der Waals surface area contributed by atoms with E-state index in [1.807, 2.05) is 29.7 Å². The Labute approximate surface area is 136 Å². The van der Waals surface area contributed by atoms with Gasteiger partial charge in [0, 0.05) is 24.5 Å². The van der Waals surface area contributed by atoms with Crippen LogP contribution in [0.3, 0.4) is 0 Å². The SMILES string of the molecule is Cc1cccn2cc(CC(=O)Nc3cc([N+](=O)[O-])ccc3O)nc12. The second-order valence-corrected chi connectivity index (χ2v) is 5.34. The van der Waals surface area contributed by atoms with Crippen LogP contribution in [0.5, 0.6) is 5.75 Å². The lowest BCUT2D eigenvalue weighted by Gasteiger charge is -2.06. The maximum Gasteiger partial charge on any atom is 0.271 e. The molecule has 3 rings (SSSR count). The molecule has 0 spiro atoms. The lowest BCUT2D eigenvalue weighted by molar-refractivity contribution is -0.384. The number of hydrogen-bond donors (Lipinski definition) is 2. The summed E-state index contributed by atoms with van der Waals surface area (Å²) < 4.78 is 1.82. The van der Waals surface area contributed by atoms with Gasteiger partial charge in [0.2, 0.25) is 5.91 Å². The summed E-state index contributed by atoms with van der Waals surface area (Å²) in [5, 5.41) is 23.0. The monoisotopic (exact) mass is 326 g/mol. The van der Waals surface area contributed by atoms with Gasteiger partial charge in [-0.2, -0.15) is 0 Å². The molecule has 2 N–H and O–H groups in total. The lowest BCUT2D eigenvalue weighted by Crippen LogP contribution is -2.14. The van der Waals surface area contributed by atoms with E-state index in [0.29, 0.717) is 5.69 Å². The van der Waals surface area contributed by atoms with Crippen LogP contribution in [0.1, 0.15) is 11.3 Å². The van der Waals surface area contributed by atoms with Crippen molar-refractivity contribution in [3.63, 3.8) is 0 Å². The molecule has 0 aliphatic carbocycles. The fourth-order valence-corrected chi connectivity index (χ4v) is 2.39. The van der Waals surface area contributed by atoms with Crippen molar-refractivity contribution in [2.75, 3.05) is 5.32 Å². The van der Waals surface area contributed by atoms with Gasteiger partial charge in [0.15, 0.2) is 0 Å². The number of hydrogen-bond acceptors (Lipinski definition) is 5. The normalized spacial score (nSPS) is 10.7.